The van der Waals surface area contributed by atoms with Crippen molar-refractivity contribution < 1.29 is 14.3 Å². The van der Waals surface area contributed by atoms with Gasteiger partial charge in [0, 0.05) is 17.5 Å². The number of hydrogen-bond donors (Lipinski definition) is 1. The molecule has 1 N–H and O–H groups in total. The number of anilines is 1. The SMILES string of the molecule is CN1C(=O)/C(=C/c2ccc(C(=O)NCc3cccs3)cc2)Oc2ccccc21. The number of likely N-dealkylation sites (N-methyl/N-ethyl adjacent to an activating group) is 1. The van der Waals surface area contributed by atoms with Crippen LogP contribution in [0.3, 0.4) is 0 Å². The molecule has 140 valence electrons. The van der Waals surface area contributed by atoms with Crippen LogP contribution in [-0.2, 0) is 11.3 Å². The van der Waals surface area contributed by atoms with Gasteiger partial charge in [0.15, 0.2) is 11.5 Å². The summed E-state index contributed by atoms with van der Waals surface area (Å²) in [5, 5.41) is 4.88. The molecule has 1 aliphatic heterocycles. The fraction of sp³-hybridized carbons (Fsp3) is 0.0909. The number of ether oxygens (including phenoxy) is 1. The van der Waals surface area contributed by atoms with Crippen molar-refractivity contribution >= 4 is 34.9 Å². The lowest BCUT2D eigenvalue weighted by atomic mass is 10.1. The Morgan fingerprint density at radius 3 is 2.64 bits per heavy atom. The predicted molar refractivity (Wildman–Crippen MR) is 110 cm³/mol. The third kappa shape index (κ3) is 3.68. The molecule has 0 saturated heterocycles. The highest BCUT2D eigenvalue weighted by Gasteiger charge is 2.27. The summed E-state index contributed by atoms with van der Waals surface area (Å²) in [7, 11) is 1.72. The summed E-state index contributed by atoms with van der Waals surface area (Å²) in [6.07, 6.45) is 1.68. The van der Waals surface area contributed by atoms with Crippen LogP contribution in [0.15, 0.2) is 71.8 Å². The lowest BCUT2D eigenvalue weighted by Gasteiger charge is -2.27. The van der Waals surface area contributed by atoms with Gasteiger partial charge in [-0.05, 0) is 47.4 Å². The van der Waals surface area contributed by atoms with E-state index in [1.807, 2.05) is 41.8 Å². The number of carbonyl (C=O) groups excluding carboxylic acids is 2. The molecular formula is C22H18N2O3S. The maximum Gasteiger partial charge on any atom is 0.293 e. The number of amides is 2. The highest BCUT2D eigenvalue weighted by Crippen LogP contribution is 2.34. The number of nitrogens with zero attached hydrogens (tertiary/aromatic N) is 1. The van der Waals surface area contributed by atoms with E-state index in [2.05, 4.69) is 5.32 Å². The van der Waals surface area contributed by atoms with E-state index in [4.69, 9.17) is 4.74 Å². The van der Waals surface area contributed by atoms with Gasteiger partial charge in [-0.25, -0.2) is 0 Å². The molecule has 0 aliphatic carbocycles. The predicted octanol–water partition coefficient (Wildman–Crippen LogP) is 4.07. The highest BCUT2D eigenvalue weighted by atomic mass is 32.1. The van der Waals surface area contributed by atoms with E-state index in [1.165, 1.54) is 0 Å². The molecule has 6 heteroatoms. The Morgan fingerprint density at radius 1 is 1.11 bits per heavy atom. The van der Waals surface area contributed by atoms with Crippen LogP contribution in [0.25, 0.3) is 6.08 Å². The van der Waals surface area contributed by atoms with E-state index < -0.39 is 0 Å². The zero-order valence-corrected chi connectivity index (χ0v) is 16.0. The second kappa shape index (κ2) is 7.70. The zero-order valence-electron chi connectivity index (χ0n) is 15.2. The van der Waals surface area contributed by atoms with Crippen molar-refractivity contribution in [1.82, 2.24) is 5.32 Å². The minimum atomic E-state index is -0.212. The van der Waals surface area contributed by atoms with Crippen molar-refractivity contribution in [3.05, 3.63) is 87.8 Å². The van der Waals surface area contributed by atoms with Gasteiger partial charge in [-0.2, -0.15) is 0 Å². The fourth-order valence-corrected chi connectivity index (χ4v) is 3.56. The number of nitrogens with one attached hydrogen (secondary N) is 1. The Hall–Kier alpha value is -3.38. The molecule has 0 spiro atoms. The first-order valence-electron chi connectivity index (χ1n) is 8.79. The van der Waals surface area contributed by atoms with E-state index in [-0.39, 0.29) is 17.6 Å². The van der Waals surface area contributed by atoms with E-state index in [1.54, 1.807) is 53.6 Å². The Bertz CT molecular complexity index is 1040. The Morgan fingerprint density at radius 2 is 1.89 bits per heavy atom. The molecule has 1 aliphatic rings. The summed E-state index contributed by atoms with van der Waals surface area (Å²) in [4.78, 5) is 27.5. The lowest BCUT2D eigenvalue weighted by Crippen LogP contribution is -2.33. The number of fused-ring (bicyclic) bond motifs is 1. The van der Waals surface area contributed by atoms with Gasteiger partial charge in [0.25, 0.3) is 11.8 Å². The molecule has 5 nitrogen and oxygen atoms in total. The van der Waals surface area contributed by atoms with Gasteiger partial charge < -0.3 is 15.0 Å². The molecule has 0 bridgehead atoms. The van der Waals surface area contributed by atoms with Crippen LogP contribution in [0.4, 0.5) is 5.69 Å². The molecular weight excluding hydrogens is 372 g/mol. The standard InChI is InChI=1S/C22H18N2O3S/c1-24-18-6-2-3-7-19(18)27-20(22(24)26)13-15-8-10-16(11-9-15)21(25)23-14-17-5-4-12-28-17/h2-13H,14H2,1H3,(H,23,25)/b20-13-. The van der Waals surface area contributed by atoms with Crippen LogP contribution in [-0.4, -0.2) is 18.9 Å². The Balaban J connectivity index is 1.48. The third-order valence-corrected chi connectivity index (χ3v) is 5.31. The maximum atomic E-state index is 12.5. The second-order valence-corrected chi connectivity index (χ2v) is 7.36. The van der Waals surface area contributed by atoms with Crippen LogP contribution in [0.2, 0.25) is 0 Å². The quantitative estimate of drug-likeness (QED) is 0.683. The van der Waals surface area contributed by atoms with Crippen LogP contribution in [0, 0.1) is 0 Å². The van der Waals surface area contributed by atoms with Gasteiger partial charge in [-0.15, -0.1) is 11.3 Å². The Kier molecular flexibility index (Phi) is 4.95. The smallest absolute Gasteiger partial charge is 0.293 e. The summed E-state index contributed by atoms with van der Waals surface area (Å²) in [6.45, 7) is 0.510. The number of para-hydroxylation sites is 2. The second-order valence-electron chi connectivity index (χ2n) is 6.33. The molecule has 0 radical (unpaired) electrons. The van der Waals surface area contributed by atoms with Gasteiger partial charge in [0.1, 0.15) is 0 Å². The van der Waals surface area contributed by atoms with Crippen LogP contribution in [0.5, 0.6) is 5.75 Å². The molecule has 3 aromatic rings. The van der Waals surface area contributed by atoms with E-state index >= 15 is 0 Å². The molecule has 0 atom stereocenters. The molecule has 0 unspecified atom stereocenters. The third-order valence-electron chi connectivity index (χ3n) is 4.44. The molecule has 0 fully saturated rings. The van der Waals surface area contributed by atoms with Gasteiger partial charge in [0.2, 0.25) is 0 Å². The van der Waals surface area contributed by atoms with E-state index in [0.29, 0.717) is 17.9 Å². The minimum Gasteiger partial charge on any atom is -0.449 e. The summed E-state index contributed by atoms with van der Waals surface area (Å²) < 4.78 is 5.77. The number of benzene rings is 2. The largest absolute Gasteiger partial charge is 0.449 e. The average Bonchev–Trinajstić information content (AvgIpc) is 3.24. The molecule has 0 saturated carbocycles. The van der Waals surface area contributed by atoms with Crippen LogP contribution < -0.4 is 15.0 Å². The number of hydrogen-bond acceptors (Lipinski definition) is 4. The number of thiophene rings is 1. The molecule has 4 rings (SSSR count). The summed E-state index contributed by atoms with van der Waals surface area (Å²) >= 11 is 1.61. The molecule has 1 aromatic heterocycles. The molecule has 28 heavy (non-hydrogen) atoms. The van der Waals surface area contributed by atoms with Crippen LogP contribution >= 0.6 is 11.3 Å². The van der Waals surface area contributed by atoms with Gasteiger partial charge in [-0.1, -0.05) is 30.3 Å². The summed E-state index contributed by atoms with van der Waals surface area (Å²) in [5.41, 5.74) is 2.09. The van der Waals surface area contributed by atoms with Crippen LogP contribution in [0.1, 0.15) is 20.8 Å². The number of rotatable bonds is 4. The summed E-state index contributed by atoms with van der Waals surface area (Å²) in [6, 6.07) is 18.4. The van der Waals surface area contributed by atoms with Crippen molar-refractivity contribution in [1.29, 1.82) is 0 Å². The Labute approximate surface area is 166 Å². The normalized spacial score (nSPS) is 14.5. The number of carbonyl (C=O) groups is 2. The average molecular weight is 390 g/mol. The first-order valence-corrected chi connectivity index (χ1v) is 9.67. The van der Waals surface area contributed by atoms with E-state index in [0.717, 1.165) is 16.1 Å². The lowest BCUT2D eigenvalue weighted by molar-refractivity contribution is -0.117. The minimum absolute atomic E-state index is 0.133. The highest BCUT2D eigenvalue weighted by molar-refractivity contribution is 7.09. The summed E-state index contributed by atoms with van der Waals surface area (Å²) in [5.74, 6) is 0.541. The molecule has 2 aromatic carbocycles. The first kappa shape index (κ1) is 18.0. The first-order chi connectivity index (χ1) is 13.6. The monoisotopic (exact) mass is 390 g/mol. The topological polar surface area (TPSA) is 58.6 Å². The van der Waals surface area contributed by atoms with Crippen molar-refractivity contribution in [3.8, 4) is 5.75 Å². The van der Waals surface area contributed by atoms with Crippen molar-refractivity contribution in [2.24, 2.45) is 0 Å². The van der Waals surface area contributed by atoms with Crippen molar-refractivity contribution in [2.45, 2.75) is 6.54 Å². The van der Waals surface area contributed by atoms with Gasteiger partial charge in [-0.3, -0.25) is 9.59 Å². The van der Waals surface area contributed by atoms with Crippen molar-refractivity contribution in [3.63, 3.8) is 0 Å². The zero-order chi connectivity index (χ0) is 19.5. The fourth-order valence-electron chi connectivity index (χ4n) is 2.91. The van der Waals surface area contributed by atoms with Crippen molar-refractivity contribution in [2.75, 3.05) is 11.9 Å². The van der Waals surface area contributed by atoms with E-state index in [9.17, 15) is 9.59 Å². The molecule has 2 amide bonds. The van der Waals surface area contributed by atoms with Gasteiger partial charge in [0.05, 0.1) is 12.2 Å². The van der Waals surface area contributed by atoms with Gasteiger partial charge >= 0.3 is 0 Å². The maximum absolute atomic E-state index is 12.5. The molecule has 2 heterocycles.